The SMILES string of the molecule is CCOC(=O)CC1(NC)CCCC(C(C)(C)C)CC1. The quantitative estimate of drug-likeness (QED) is 0.627. The van der Waals surface area contributed by atoms with Gasteiger partial charge in [0, 0.05) is 5.54 Å². The molecular formula is C16H31NO2. The molecule has 1 aliphatic rings. The van der Waals surface area contributed by atoms with Crippen LogP contribution in [0.3, 0.4) is 0 Å². The van der Waals surface area contributed by atoms with Crippen molar-refractivity contribution in [1.29, 1.82) is 0 Å². The fraction of sp³-hybridized carbons (Fsp3) is 0.938. The van der Waals surface area contributed by atoms with E-state index in [-0.39, 0.29) is 11.5 Å². The van der Waals surface area contributed by atoms with Gasteiger partial charge in [-0.2, -0.15) is 0 Å². The molecule has 0 radical (unpaired) electrons. The van der Waals surface area contributed by atoms with Gasteiger partial charge in [0.25, 0.3) is 0 Å². The van der Waals surface area contributed by atoms with E-state index in [1.54, 1.807) is 0 Å². The average molecular weight is 269 g/mol. The molecule has 112 valence electrons. The van der Waals surface area contributed by atoms with Gasteiger partial charge in [0.2, 0.25) is 0 Å². The summed E-state index contributed by atoms with van der Waals surface area (Å²) in [5.74, 6) is 0.691. The van der Waals surface area contributed by atoms with Crippen molar-refractivity contribution in [2.24, 2.45) is 11.3 Å². The summed E-state index contributed by atoms with van der Waals surface area (Å²) >= 11 is 0. The first-order valence-electron chi connectivity index (χ1n) is 7.67. The Hall–Kier alpha value is -0.570. The van der Waals surface area contributed by atoms with Gasteiger partial charge in [-0.3, -0.25) is 4.79 Å². The summed E-state index contributed by atoms with van der Waals surface area (Å²) in [5.41, 5.74) is 0.319. The minimum absolute atomic E-state index is 0.0494. The molecule has 0 aromatic heterocycles. The molecule has 2 atom stereocenters. The summed E-state index contributed by atoms with van der Waals surface area (Å²) in [7, 11) is 1.98. The molecule has 0 aromatic rings. The number of nitrogens with one attached hydrogen (secondary N) is 1. The van der Waals surface area contributed by atoms with Crippen molar-refractivity contribution < 1.29 is 9.53 Å². The Morgan fingerprint density at radius 3 is 2.53 bits per heavy atom. The Bertz CT molecular complexity index is 296. The monoisotopic (exact) mass is 269 g/mol. The summed E-state index contributed by atoms with van der Waals surface area (Å²) in [5, 5.41) is 3.42. The lowest BCUT2D eigenvalue weighted by Gasteiger charge is -2.33. The van der Waals surface area contributed by atoms with Gasteiger partial charge in [0.1, 0.15) is 0 Å². The van der Waals surface area contributed by atoms with E-state index in [0.29, 0.717) is 18.4 Å². The normalized spacial score (nSPS) is 28.8. The Morgan fingerprint density at radius 1 is 1.32 bits per heavy atom. The van der Waals surface area contributed by atoms with Crippen LogP contribution < -0.4 is 5.32 Å². The third kappa shape index (κ3) is 4.79. The summed E-state index contributed by atoms with van der Waals surface area (Å²) in [4.78, 5) is 11.8. The smallest absolute Gasteiger partial charge is 0.307 e. The fourth-order valence-corrected chi connectivity index (χ4v) is 3.28. The van der Waals surface area contributed by atoms with Crippen molar-refractivity contribution in [2.45, 2.75) is 71.8 Å². The highest BCUT2D eigenvalue weighted by atomic mass is 16.5. The van der Waals surface area contributed by atoms with Crippen molar-refractivity contribution in [1.82, 2.24) is 5.32 Å². The zero-order valence-electron chi connectivity index (χ0n) is 13.3. The Labute approximate surface area is 118 Å². The second-order valence-electron chi connectivity index (χ2n) is 7.01. The van der Waals surface area contributed by atoms with Crippen LogP contribution in [0.5, 0.6) is 0 Å². The standard InChI is InChI=1S/C16H31NO2/c1-6-19-14(18)12-16(17-5)10-7-8-13(9-11-16)15(2,3)4/h13,17H,6-12H2,1-5H3. The summed E-state index contributed by atoms with van der Waals surface area (Å²) in [6.07, 6.45) is 6.33. The first-order valence-corrected chi connectivity index (χ1v) is 7.67. The van der Waals surface area contributed by atoms with Gasteiger partial charge < -0.3 is 10.1 Å². The molecule has 1 N–H and O–H groups in total. The van der Waals surface area contributed by atoms with E-state index in [0.717, 1.165) is 18.8 Å². The van der Waals surface area contributed by atoms with Crippen LogP contribution in [0.1, 0.15) is 66.2 Å². The first-order chi connectivity index (χ1) is 8.83. The molecule has 0 aromatic carbocycles. The maximum Gasteiger partial charge on any atom is 0.307 e. The predicted octanol–water partition coefficient (Wildman–Crippen LogP) is 3.52. The van der Waals surface area contributed by atoms with E-state index >= 15 is 0 Å². The van der Waals surface area contributed by atoms with Gasteiger partial charge in [-0.05, 0) is 51.0 Å². The molecule has 0 amide bonds. The number of ether oxygens (including phenoxy) is 1. The number of hydrogen-bond donors (Lipinski definition) is 1. The average Bonchev–Trinajstić information content (AvgIpc) is 2.52. The van der Waals surface area contributed by atoms with E-state index in [4.69, 9.17) is 4.74 Å². The van der Waals surface area contributed by atoms with Crippen LogP contribution >= 0.6 is 0 Å². The summed E-state index contributed by atoms with van der Waals surface area (Å²) < 4.78 is 5.13. The van der Waals surface area contributed by atoms with Crippen LogP contribution in [0.2, 0.25) is 0 Å². The molecule has 2 unspecified atom stereocenters. The lowest BCUT2D eigenvalue weighted by molar-refractivity contribution is -0.145. The van der Waals surface area contributed by atoms with Crippen molar-refractivity contribution >= 4 is 5.97 Å². The van der Waals surface area contributed by atoms with E-state index in [2.05, 4.69) is 26.1 Å². The second-order valence-corrected chi connectivity index (χ2v) is 7.01. The van der Waals surface area contributed by atoms with Crippen LogP contribution in [0.25, 0.3) is 0 Å². The number of hydrogen-bond acceptors (Lipinski definition) is 3. The highest BCUT2D eigenvalue weighted by Crippen LogP contribution is 2.40. The molecule has 1 rings (SSSR count). The van der Waals surface area contributed by atoms with Crippen molar-refractivity contribution in [3.8, 4) is 0 Å². The lowest BCUT2D eigenvalue weighted by atomic mass is 9.76. The second kappa shape index (κ2) is 6.74. The van der Waals surface area contributed by atoms with E-state index in [1.165, 1.54) is 19.3 Å². The van der Waals surface area contributed by atoms with Crippen molar-refractivity contribution in [3.05, 3.63) is 0 Å². The molecule has 1 saturated carbocycles. The van der Waals surface area contributed by atoms with E-state index in [9.17, 15) is 4.79 Å². The molecule has 0 aliphatic heterocycles. The molecule has 0 heterocycles. The minimum atomic E-state index is -0.0638. The zero-order chi connectivity index (χ0) is 14.5. The Kier molecular flexibility index (Phi) is 5.84. The van der Waals surface area contributed by atoms with Gasteiger partial charge in [0.05, 0.1) is 13.0 Å². The first kappa shape index (κ1) is 16.5. The maximum absolute atomic E-state index is 11.8. The molecule has 19 heavy (non-hydrogen) atoms. The minimum Gasteiger partial charge on any atom is -0.466 e. The number of carbonyl (C=O) groups is 1. The summed E-state index contributed by atoms with van der Waals surface area (Å²) in [6, 6.07) is 0. The van der Waals surface area contributed by atoms with Crippen LogP contribution in [0.15, 0.2) is 0 Å². The molecule has 1 aliphatic carbocycles. The van der Waals surface area contributed by atoms with Gasteiger partial charge in [-0.1, -0.05) is 27.2 Å². The predicted molar refractivity (Wildman–Crippen MR) is 79.1 cm³/mol. The number of carbonyl (C=O) groups excluding carboxylic acids is 1. The number of esters is 1. The molecule has 3 heteroatoms. The third-order valence-corrected chi connectivity index (χ3v) is 4.72. The number of rotatable bonds is 4. The van der Waals surface area contributed by atoms with Crippen LogP contribution in [0, 0.1) is 11.3 Å². The zero-order valence-corrected chi connectivity index (χ0v) is 13.3. The van der Waals surface area contributed by atoms with E-state index < -0.39 is 0 Å². The molecule has 3 nitrogen and oxygen atoms in total. The molecule has 0 saturated heterocycles. The molecular weight excluding hydrogens is 238 g/mol. The Balaban J connectivity index is 2.67. The maximum atomic E-state index is 11.8. The van der Waals surface area contributed by atoms with Gasteiger partial charge in [-0.15, -0.1) is 0 Å². The summed E-state index contributed by atoms with van der Waals surface area (Å²) in [6.45, 7) is 9.33. The molecule has 0 bridgehead atoms. The fourth-order valence-electron chi connectivity index (χ4n) is 3.28. The van der Waals surface area contributed by atoms with Crippen LogP contribution in [-0.2, 0) is 9.53 Å². The van der Waals surface area contributed by atoms with Gasteiger partial charge >= 0.3 is 5.97 Å². The van der Waals surface area contributed by atoms with E-state index in [1.807, 2.05) is 14.0 Å². The van der Waals surface area contributed by atoms with Gasteiger partial charge in [0.15, 0.2) is 0 Å². The van der Waals surface area contributed by atoms with Crippen molar-refractivity contribution in [3.63, 3.8) is 0 Å². The van der Waals surface area contributed by atoms with Crippen LogP contribution in [0.4, 0.5) is 0 Å². The third-order valence-electron chi connectivity index (χ3n) is 4.72. The topological polar surface area (TPSA) is 38.3 Å². The lowest BCUT2D eigenvalue weighted by Crippen LogP contribution is -2.44. The van der Waals surface area contributed by atoms with Crippen molar-refractivity contribution in [2.75, 3.05) is 13.7 Å². The van der Waals surface area contributed by atoms with Gasteiger partial charge in [-0.25, -0.2) is 0 Å². The molecule has 0 spiro atoms. The van der Waals surface area contributed by atoms with Crippen LogP contribution in [-0.4, -0.2) is 25.2 Å². The largest absolute Gasteiger partial charge is 0.466 e. The Morgan fingerprint density at radius 2 is 2.00 bits per heavy atom. The highest BCUT2D eigenvalue weighted by Gasteiger charge is 2.37. The highest BCUT2D eigenvalue weighted by molar-refractivity contribution is 5.70. The molecule has 1 fully saturated rings.